The van der Waals surface area contributed by atoms with Crippen molar-refractivity contribution in [3.63, 3.8) is 0 Å². The fraction of sp³-hybridized carbons (Fsp3) is 0.103. The van der Waals surface area contributed by atoms with E-state index in [0.717, 1.165) is 16.7 Å². The Morgan fingerprint density at radius 1 is 0.750 bits per heavy atom. The summed E-state index contributed by atoms with van der Waals surface area (Å²) >= 11 is 0. The Bertz CT molecular complexity index is 1860. The first-order valence-corrected chi connectivity index (χ1v) is 11.1. The Morgan fingerprint density at radius 3 is 2.28 bits per heavy atom. The lowest BCUT2D eigenvalue weighted by atomic mass is 10.0. The minimum atomic E-state index is 1.03. The molecule has 0 bridgehead atoms. The van der Waals surface area contributed by atoms with Crippen LogP contribution in [0.4, 0.5) is 0 Å². The maximum Gasteiger partial charge on any atom is 0.236 e. The standard InChI is InChI=1S/C29H22N3/c1-17-28(31(3)26-16-20-10-5-4-9-19(20)15-24(26)30-17)27-18(2)32-25-14-7-6-11-21(25)22-12-8-13-23(27)29(22)32/h4-16H,1-3H3/q+1. The average molecular weight is 413 g/mol. The van der Waals surface area contributed by atoms with Gasteiger partial charge in [-0.2, -0.15) is 4.57 Å². The van der Waals surface area contributed by atoms with Crippen molar-refractivity contribution in [3.8, 4) is 11.3 Å². The molecule has 3 heterocycles. The lowest BCUT2D eigenvalue weighted by molar-refractivity contribution is -0.634. The normalized spacial score (nSPS) is 12.2. The Hall–Kier alpha value is -3.98. The quantitative estimate of drug-likeness (QED) is 0.223. The van der Waals surface area contributed by atoms with Gasteiger partial charge in [-0.15, -0.1) is 0 Å². The van der Waals surface area contributed by atoms with Crippen LogP contribution in [-0.4, -0.2) is 9.38 Å². The summed E-state index contributed by atoms with van der Waals surface area (Å²) in [5.74, 6) is 0. The van der Waals surface area contributed by atoms with Crippen molar-refractivity contribution in [1.82, 2.24) is 9.38 Å². The van der Waals surface area contributed by atoms with Crippen LogP contribution in [0.2, 0.25) is 0 Å². The molecule has 3 heteroatoms. The lowest BCUT2D eigenvalue weighted by Gasteiger charge is -2.09. The van der Waals surface area contributed by atoms with Crippen LogP contribution in [0.5, 0.6) is 0 Å². The second-order valence-corrected chi connectivity index (χ2v) is 8.81. The monoisotopic (exact) mass is 412 g/mol. The molecule has 0 N–H and O–H groups in total. The van der Waals surface area contributed by atoms with Crippen molar-refractivity contribution < 1.29 is 4.57 Å². The molecular formula is C29H22N3+. The highest BCUT2D eigenvalue weighted by Gasteiger charge is 2.28. The van der Waals surface area contributed by atoms with E-state index in [1.165, 1.54) is 54.9 Å². The predicted molar refractivity (Wildman–Crippen MR) is 132 cm³/mol. The Balaban J connectivity index is 1.65. The van der Waals surface area contributed by atoms with Crippen LogP contribution in [0.15, 0.2) is 78.9 Å². The Labute approximate surface area is 185 Å². The summed E-state index contributed by atoms with van der Waals surface area (Å²) in [6.07, 6.45) is 0. The molecule has 0 aliphatic heterocycles. The molecule has 0 saturated carbocycles. The van der Waals surface area contributed by atoms with Crippen molar-refractivity contribution in [1.29, 1.82) is 0 Å². The van der Waals surface area contributed by atoms with Crippen LogP contribution in [0, 0.1) is 13.8 Å². The first-order chi connectivity index (χ1) is 15.6. The molecule has 32 heavy (non-hydrogen) atoms. The third-order valence-corrected chi connectivity index (χ3v) is 7.07. The van der Waals surface area contributed by atoms with Gasteiger partial charge in [-0.3, -0.25) is 0 Å². The van der Waals surface area contributed by atoms with Crippen LogP contribution in [0.1, 0.15) is 11.4 Å². The maximum absolute atomic E-state index is 5.07. The number of hydrogen-bond donors (Lipinski definition) is 0. The second-order valence-electron chi connectivity index (χ2n) is 8.81. The Kier molecular flexibility index (Phi) is 3.34. The van der Waals surface area contributed by atoms with Gasteiger partial charge < -0.3 is 4.40 Å². The van der Waals surface area contributed by atoms with E-state index in [9.17, 15) is 0 Å². The van der Waals surface area contributed by atoms with Gasteiger partial charge in [0.05, 0.1) is 16.6 Å². The second kappa shape index (κ2) is 6.04. The number of benzene rings is 4. The minimum absolute atomic E-state index is 1.03. The highest BCUT2D eigenvalue weighted by atomic mass is 15.0. The molecule has 0 saturated heterocycles. The number of hydrogen-bond acceptors (Lipinski definition) is 1. The molecule has 4 aromatic carbocycles. The van der Waals surface area contributed by atoms with Gasteiger partial charge in [0.15, 0.2) is 0 Å². The third-order valence-electron chi connectivity index (χ3n) is 7.07. The first-order valence-electron chi connectivity index (χ1n) is 11.1. The number of nitrogens with zero attached hydrogens (tertiary/aromatic N) is 3. The summed E-state index contributed by atoms with van der Waals surface area (Å²) in [6.45, 7) is 4.38. The van der Waals surface area contributed by atoms with E-state index >= 15 is 0 Å². The predicted octanol–water partition coefficient (Wildman–Crippen LogP) is 6.49. The van der Waals surface area contributed by atoms with Gasteiger partial charge in [-0.25, -0.2) is 4.98 Å². The van der Waals surface area contributed by atoms with Crippen molar-refractivity contribution in [2.24, 2.45) is 7.05 Å². The molecule has 0 radical (unpaired) electrons. The van der Waals surface area contributed by atoms with Gasteiger partial charge in [0, 0.05) is 27.9 Å². The van der Waals surface area contributed by atoms with Crippen LogP contribution in [0.3, 0.4) is 0 Å². The van der Waals surface area contributed by atoms with Gasteiger partial charge in [0.2, 0.25) is 11.2 Å². The maximum atomic E-state index is 5.07. The molecule has 0 aliphatic rings. The molecule has 152 valence electrons. The lowest BCUT2D eigenvalue weighted by Crippen LogP contribution is -2.34. The molecule has 0 spiro atoms. The van der Waals surface area contributed by atoms with Gasteiger partial charge >= 0.3 is 0 Å². The smallest absolute Gasteiger partial charge is 0.236 e. The van der Waals surface area contributed by atoms with E-state index in [2.05, 4.69) is 109 Å². The SMILES string of the molecule is Cc1nc2cc3ccccc3cc2[n+](C)c1-c1c(C)n2c3ccccc3c3cccc1c32. The molecule has 7 rings (SSSR count). The Morgan fingerprint density at radius 2 is 1.44 bits per heavy atom. The molecule has 0 unspecified atom stereocenters. The fourth-order valence-corrected chi connectivity index (χ4v) is 5.69. The number of aromatic nitrogens is 3. The minimum Gasteiger partial charge on any atom is -0.312 e. The van der Waals surface area contributed by atoms with E-state index in [1.807, 2.05) is 0 Å². The molecule has 3 aromatic heterocycles. The molecule has 0 amide bonds. The molecule has 7 aromatic rings. The van der Waals surface area contributed by atoms with Crippen LogP contribution < -0.4 is 4.57 Å². The van der Waals surface area contributed by atoms with Crippen molar-refractivity contribution >= 4 is 49.0 Å². The number of fused-ring (bicyclic) bond motifs is 5. The topological polar surface area (TPSA) is 21.2 Å². The number of para-hydroxylation sites is 2. The summed E-state index contributed by atoms with van der Waals surface area (Å²) in [5.41, 5.74) is 9.53. The van der Waals surface area contributed by atoms with Crippen molar-refractivity contribution in [2.45, 2.75) is 13.8 Å². The van der Waals surface area contributed by atoms with E-state index in [4.69, 9.17) is 4.98 Å². The zero-order chi connectivity index (χ0) is 21.6. The fourth-order valence-electron chi connectivity index (χ4n) is 5.69. The zero-order valence-electron chi connectivity index (χ0n) is 18.3. The summed E-state index contributed by atoms with van der Waals surface area (Å²) in [5, 5.41) is 6.38. The van der Waals surface area contributed by atoms with Gasteiger partial charge in [-0.1, -0.05) is 60.7 Å². The number of rotatable bonds is 1. The number of aryl methyl sites for hydroxylation is 3. The zero-order valence-corrected chi connectivity index (χ0v) is 18.3. The highest BCUT2D eigenvalue weighted by molar-refractivity contribution is 6.18. The molecule has 0 aliphatic carbocycles. The summed E-state index contributed by atoms with van der Waals surface area (Å²) in [4.78, 5) is 5.07. The summed E-state index contributed by atoms with van der Waals surface area (Å²) < 4.78 is 4.76. The van der Waals surface area contributed by atoms with Crippen LogP contribution >= 0.6 is 0 Å². The van der Waals surface area contributed by atoms with E-state index in [0.29, 0.717) is 0 Å². The van der Waals surface area contributed by atoms with Gasteiger partial charge in [-0.05, 0) is 36.8 Å². The largest absolute Gasteiger partial charge is 0.312 e. The average Bonchev–Trinajstić information content (AvgIpc) is 3.30. The van der Waals surface area contributed by atoms with Crippen LogP contribution in [-0.2, 0) is 7.05 Å². The molecule has 0 fully saturated rings. The van der Waals surface area contributed by atoms with Crippen molar-refractivity contribution in [2.75, 3.05) is 0 Å². The van der Waals surface area contributed by atoms with Gasteiger partial charge in [0.1, 0.15) is 18.3 Å². The van der Waals surface area contributed by atoms with E-state index in [-0.39, 0.29) is 0 Å². The highest BCUT2D eigenvalue weighted by Crippen LogP contribution is 2.41. The van der Waals surface area contributed by atoms with Crippen molar-refractivity contribution in [3.05, 3.63) is 90.3 Å². The van der Waals surface area contributed by atoms with Gasteiger partial charge in [0.25, 0.3) is 0 Å². The molecule has 3 nitrogen and oxygen atoms in total. The summed E-state index contributed by atoms with van der Waals surface area (Å²) in [7, 11) is 2.17. The molecular weight excluding hydrogens is 390 g/mol. The molecule has 0 atom stereocenters. The van der Waals surface area contributed by atoms with E-state index < -0.39 is 0 Å². The first kappa shape index (κ1) is 17.7. The van der Waals surface area contributed by atoms with E-state index in [1.54, 1.807) is 0 Å². The summed E-state index contributed by atoms with van der Waals surface area (Å²) in [6, 6.07) is 28.4. The van der Waals surface area contributed by atoms with Crippen LogP contribution in [0.25, 0.3) is 60.3 Å². The third kappa shape index (κ3) is 2.10.